The molecular formula is C20H22O5. The number of benzene rings is 2. The molecular weight excluding hydrogens is 320 g/mol. The molecule has 2 aromatic rings. The van der Waals surface area contributed by atoms with Crippen molar-refractivity contribution < 1.29 is 24.1 Å². The van der Waals surface area contributed by atoms with E-state index in [-0.39, 0.29) is 11.5 Å². The molecule has 25 heavy (non-hydrogen) atoms. The molecule has 0 aliphatic heterocycles. The SMILES string of the molecule is CCOc1ccc(C=CC(=O)c2ccc(OCC)cc2OC)c(O)c1. The van der Waals surface area contributed by atoms with Gasteiger partial charge in [-0.3, -0.25) is 4.79 Å². The molecule has 0 radical (unpaired) electrons. The topological polar surface area (TPSA) is 65.0 Å². The van der Waals surface area contributed by atoms with E-state index in [1.807, 2.05) is 13.8 Å². The zero-order valence-corrected chi connectivity index (χ0v) is 14.6. The van der Waals surface area contributed by atoms with Gasteiger partial charge in [0.05, 0.1) is 25.9 Å². The predicted octanol–water partition coefficient (Wildman–Crippen LogP) is 4.09. The molecule has 2 rings (SSSR count). The van der Waals surface area contributed by atoms with Crippen molar-refractivity contribution in [1.29, 1.82) is 0 Å². The average molecular weight is 342 g/mol. The highest BCUT2D eigenvalue weighted by molar-refractivity contribution is 6.08. The lowest BCUT2D eigenvalue weighted by molar-refractivity contribution is 0.104. The highest BCUT2D eigenvalue weighted by atomic mass is 16.5. The summed E-state index contributed by atoms with van der Waals surface area (Å²) in [6.07, 6.45) is 2.96. The minimum absolute atomic E-state index is 0.0497. The van der Waals surface area contributed by atoms with Crippen LogP contribution in [-0.2, 0) is 0 Å². The van der Waals surface area contributed by atoms with Crippen molar-refractivity contribution in [3.8, 4) is 23.0 Å². The van der Waals surface area contributed by atoms with Crippen LogP contribution in [0.4, 0.5) is 0 Å². The van der Waals surface area contributed by atoms with Crippen LogP contribution in [-0.4, -0.2) is 31.2 Å². The summed E-state index contributed by atoms with van der Waals surface area (Å²) in [7, 11) is 1.50. The molecule has 0 saturated carbocycles. The fraction of sp³-hybridized carbons (Fsp3) is 0.250. The maximum Gasteiger partial charge on any atom is 0.189 e. The van der Waals surface area contributed by atoms with Gasteiger partial charge in [0.1, 0.15) is 23.0 Å². The Morgan fingerprint density at radius 3 is 2.28 bits per heavy atom. The number of aromatic hydroxyl groups is 1. The Hall–Kier alpha value is -2.95. The van der Waals surface area contributed by atoms with Crippen molar-refractivity contribution in [2.75, 3.05) is 20.3 Å². The number of carbonyl (C=O) groups excluding carboxylic acids is 1. The number of hydrogen-bond donors (Lipinski definition) is 1. The van der Waals surface area contributed by atoms with Crippen LogP contribution in [0, 0.1) is 0 Å². The first-order valence-electron chi connectivity index (χ1n) is 8.08. The molecule has 0 spiro atoms. The van der Waals surface area contributed by atoms with Gasteiger partial charge in [-0.1, -0.05) is 0 Å². The smallest absolute Gasteiger partial charge is 0.189 e. The van der Waals surface area contributed by atoms with E-state index in [1.165, 1.54) is 19.3 Å². The molecule has 0 aliphatic rings. The van der Waals surface area contributed by atoms with Gasteiger partial charge in [-0.05, 0) is 50.3 Å². The molecule has 0 saturated heterocycles. The van der Waals surface area contributed by atoms with Crippen molar-refractivity contribution >= 4 is 11.9 Å². The Labute approximate surface area is 147 Å². The van der Waals surface area contributed by atoms with Crippen LogP contribution in [0.1, 0.15) is 29.8 Å². The predicted molar refractivity (Wildman–Crippen MR) is 96.8 cm³/mol. The van der Waals surface area contributed by atoms with Crippen molar-refractivity contribution in [3.63, 3.8) is 0 Å². The molecule has 2 aromatic carbocycles. The number of ketones is 1. The van der Waals surface area contributed by atoms with Gasteiger partial charge in [0.15, 0.2) is 5.78 Å². The molecule has 1 N–H and O–H groups in total. The van der Waals surface area contributed by atoms with Crippen molar-refractivity contribution in [1.82, 2.24) is 0 Å². The fourth-order valence-corrected chi connectivity index (χ4v) is 2.31. The summed E-state index contributed by atoms with van der Waals surface area (Å²) < 4.78 is 16.0. The molecule has 5 nitrogen and oxygen atoms in total. The maximum absolute atomic E-state index is 12.4. The largest absolute Gasteiger partial charge is 0.507 e. The average Bonchev–Trinajstić information content (AvgIpc) is 2.61. The van der Waals surface area contributed by atoms with Crippen LogP contribution in [0.15, 0.2) is 42.5 Å². The second kappa shape index (κ2) is 8.78. The van der Waals surface area contributed by atoms with E-state index in [0.717, 1.165) is 0 Å². The third kappa shape index (κ3) is 4.76. The third-order valence-corrected chi connectivity index (χ3v) is 3.48. The van der Waals surface area contributed by atoms with Gasteiger partial charge in [0.2, 0.25) is 0 Å². The molecule has 0 bridgehead atoms. The number of ether oxygens (including phenoxy) is 3. The molecule has 0 heterocycles. The van der Waals surface area contributed by atoms with Gasteiger partial charge in [0, 0.05) is 17.7 Å². The minimum Gasteiger partial charge on any atom is -0.507 e. The van der Waals surface area contributed by atoms with E-state index < -0.39 is 0 Å². The van der Waals surface area contributed by atoms with E-state index in [4.69, 9.17) is 14.2 Å². The van der Waals surface area contributed by atoms with Gasteiger partial charge in [0.25, 0.3) is 0 Å². The highest BCUT2D eigenvalue weighted by Gasteiger charge is 2.11. The number of phenols is 1. The highest BCUT2D eigenvalue weighted by Crippen LogP contribution is 2.27. The zero-order chi connectivity index (χ0) is 18.2. The number of carbonyl (C=O) groups is 1. The first-order chi connectivity index (χ1) is 12.1. The summed E-state index contributed by atoms with van der Waals surface area (Å²) in [6.45, 7) is 4.81. The molecule has 132 valence electrons. The maximum atomic E-state index is 12.4. The Morgan fingerprint density at radius 1 is 1.04 bits per heavy atom. The fourth-order valence-electron chi connectivity index (χ4n) is 2.31. The van der Waals surface area contributed by atoms with Crippen LogP contribution in [0.3, 0.4) is 0 Å². The molecule has 0 amide bonds. The van der Waals surface area contributed by atoms with Gasteiger partial charge >= 0.3 is 0 Å². The Kier molecular flexibility index (Phi) is 6.46. The van der Waals surface area contributed by atoms with E-state index in [0.29, 0.717) is 41.6 Å². The summed E-state index contributed by atoms with van der Waals surface area (Å²) in [4.78, 5) is 12.4. The summed E-state index contributed by atoms with van der Waals surface area (Å²) >= 11 is 0. The molecule has 0 aliphatic carbocycles. The number of methoxy groups -OCH3 is 1. The zero-order valence-electron chi connectivity index (χ0n) is 14.6. The van der Waals surface area contributed by atoms with E-state index in [2.05, 4.69) is 0 Å². The standard InChI is InChI=1S/C20H22O5/c1-4-24-15-8-6-14(19(22)12-15)7-11-18(21)17-10-9-16(25-5-2)13-20(17)23-3/h6-13,22H,4-5H2,1-3H3. The van der Waals surface area contributed by atoms with Crippen LogP contribution < -0.4 is 14.2 Å². The summed E-state index contributed by atoms with van der Waals surface area (Å²) in [6, 6.07) is 10.0. The van der Waals surface area contributed by atoms with E-state index in [9.17, 15) is 9.90 Å². The first kappa shape index (κ1) is 18.4. The van der Waals surface area contributed by atoms with Crippen LogP contribution in [0.25, 0.3) is 6.08 Å². The quantitative estimate of drug-likeness (QED) is 0.578. The van der Waals surface area contributed by atoms with Crippen LogP contribution >= 0.6 is 0 Å². The molecule has 0 unspecified atom stereocenters. The number of allylic oxidation sites excluding steroid dienone is 1. The van der Waals surface area contributed by atoms with E-state index in [1.54, 1.807) is 36.4 Å². The number of hydrogen-bond acceptors (Lipinski definition) is 5. The molecule has 0 fully saturated rings. The lowest BCUT2D eigenvalue weighted by Gasteiger charge is -2.09. The lowest BCUT2D eigenvalue weighted by atomic mass is 10.1. The summed E-state index contributed by atoms with van der Waals surface area (Å²) in [5, 5.41) is 10.0. The summed E-state index contributed by atoms with van der Waals surface area (Å²) in [5.41, 5.74) is 0.953. The Morgan fingerprint density at radius 2 is 1.68 bits per heavy atom. The molecule has 0 atom stereocenters. The molecule has 0 aromatic heterocycles. The van der Waals surface area contributed by atoms with Crippen LogP contribution in [0.2, 0.25) is 0 Å². The number of rotatable bonds is 8. The Bertz CT molecular complexity index is 765. The second-order valence-corrected chi connectivity index (χ2v) is 5.15. The second-order valence-electron chi connectivity index (χ2n) is 5.15. The van der Waals surface area contributed by atoms with Gasteiger partial charge in [-0.15, -0.1) is 0 Å². The van der Waals surface area contributed by atoms with Crippen molar-refractivity contribution in [2.45, 2.75) is 13.8 Å². The Balaban J connectivity index is 2.20. The first-order valence-corrected chi connectivity index (χ1v) is 8.08. The monoisotopic (exact) mass is 342 g/mol. The summed E-state index contributed by atoms with van der Waals surface area (Å²) in [5.74, 6) is 1.49. The van der Waals surface area contributed by atoms with Gasteiger partial charge in [-0.25, -0.2) is 0 Å². The molecule has 5 heteroatoms. The third-order valence-electron chi connectivity index (χ3n) is 3.48. The number of phenolic OH excluding ortho intramolecular Hbond substituents is 1. The van der Waals surface area contributed by atoms with Crippen molar-refractivity contribution in [2.24, 2.45) is 0 Å². The minimum atomic E-state index is -0.229. The van der Waals surface area contributed by atoms with Gasteiger partial charge < -0.3 is 19.3 Å². The van der Waals surface area contributed by atoms with E-state index >= 15 is 0 Å². The van der Waals surface area contributed by atoms with Crippen molar-refractivity contribution in [3.05, 3.63) is 53.6 Å². The normalized spacial score (nSPS) is 10.7. The van der Waals surface area contributed by atoms with Gasteiger partial charge in [-0.2, -0.15) is 0 Å². The lowest BCUT2D eigenvalue weighted by Crippen LogP contribution is -2.00. The van der Waals surface area contributed by atoms with Crippen LogP contribution in [0.5, 0.6) is 23.0 Å².